The molecular weight excluding hydrogens is 212 g/mol. The van der Waals surface area contributed by atoms with Gasteiger partial charge in [0.05, 0.1) is 12.5 Å². The van der Waals surface area contributed by atoms with E-state index in [-0.39, 0.29) is 11.9 Å². The van der Waals surface area contributed by atoms with Gasteiger partial charge >= 0.3 is 5.97 Å². The van der Waals surface area contributed by atoms with Crippen LogP contribution in [-0.4, -0.2) is 12.6 Å². The highest BCUT2D eigenvalue weighted by molar-refractivity contribution is 5.72. The molecule has 0 aromatic rings. The Morgan fingerprint density at radius 2 is 2.12 bits per heavy atom. The van der Waals surface area contributed by atoms with Gasteiger partial charge in [-0.2, -0.15) is 0 Å². The van der Waals surface area contributed by atoms with Crippen LogP contribution in [0.4, 0.5) is 0 Å². The van der Waals surface area contributed by atoms with Crippen molar-refractivity contribution in [1.29, 1.82) is 0 Å². The Hall–Kier alpha value is -1.05. The van der Waals surface area contributed by atoms with E-state index in [1.165, 1.54) is 0 Å². The monoisotopic (exact) mass is 238 g/mol. The molecule has 0 radical (unpaired) electrons. The fourth-order valence-electron chi connectivity index (χ4n) is 1.61. The first-order chi connectivity index (χ1) is 8.26. The van der Waals surface area contributed by atoms with Gasteiger partial charge in [-0.25, -0.2) is 0 Å². The summed E-state index contributed by atoms with van der Waals surface area (Å²) in [6, 6.07) is 0. The molecule has 0 amide bonds. The van der Waals surface area contributed by atoms with Crippen molar-refractivity contribution in [1.82, 2.24) is 0 Å². The molecule has 0 heterocycles. The summed E-state index contributed by atoms with van der Waals surface area (Å²) < 4.78 is 5.26. The van der Waals surface area contributed by atoms with Gasteiger partial charge in [0.1, 0.15) is 0 Å². The van der Waals surface area contributed by atoms with Gasteiger partial charge in [-0.05, 0) is 25.7 Å². The molecule has 0 aliphatic carbocycles. The number of allylic oxidation sites excluding steroid dienone is 2. The third kappa shape index (κ3) is 8.73. The molecule has 98 valence electrons. The first kappa shape index (κ1) is 16.0. The molecule has 2 heteroatoms. The maximum absolute atomic E-state index is 11.8. The second kappa shape index (κ2) is 11.4. The molecule has 1 unspecified atom stereocenters. The molecule has 0 aromatic heterocycles. The minimum absolute atomic E-state index is 0.00241. The smallest absolute Gasteiger partial charge is 0.309 e. The second-order valence-electron chi connectivity index (χ2n) is 4.20. The second-order valence-corrected chi connectivity index (χ2v) is 4.20. The van der Waals surface area contributed by atoms with E-state index in [1.54, 1.807) is 6.08 Å². The van der Waals surface area contributed by atoms with Gasteiger partial charge in [-0.15, -0.1) is 6.58 Å². The maximum atomic E-state index is 11.8. The lowest BCUT2D eigenvalue weighted by Crippen LogP contribution is -2.17. The zero-order valence-electron chi connectivity index (χ0n) is 11.3. The Morgan fingerprint density at radius 1 is 1.35 bits per heavy atom. The molecule has 1 atom stereocenters. The van der Waals surface area contributed by atoms with Crippen molar-refractivity contribution in [3.8, 4) is 0 Å². The first-order valence-corrected chi connectivity index (χ1v) is 6.68. The van der Waals surface area contributed by atoms with Crippen LogP contribution in [0.25, 0.3) is 0 Å². The van der Waals surface area contributed by atoms with Gasteiger partial charge in [-0.1, -0.05) is 44.9 Å². The highest BCUT2D eigenvalue weighted by atomic mass is 16.5. The van der Waals surface area contributed by atoms with Crippen LogP contribution in [0.3, 0.4) is 0 Å². The van der Waals surface area contributed by atoms with E-state index in [2.05, 4.69) is 32.6 Å². The fourth-order valence-corrected chi connectivity index (χ4v) is 1.61. The summed E-state index contributed by atoms with van der Waals surface area (Å²) in [6.45, 7) is 8.41. The largest absolute Gasteiger partial charge is 0.465 e. The van der Waals surface area contributed by atoms with Gasteiger partial charge in [0, 0.05) is 0 Å². The van der Waals surface area contributed by atoms with Crippen LogP contribution in [-0.2, 0) is 9.53 Å². The van der Waals surface area contributed by atoms with Crippen LogP contribution in [0.2, 0.25) is 0 Å². The van der Waals surface area contributed by atoms with Gasteiger partial charge in [0.2, 0.25) is 0 Å². The Morgan fingerprint density at radius 3 is 2.71 bits per heavy atom. The van der Waals surface area contributed by atoms with Crippen molar-refractivity contribution < 1.29 is 9.53 Å². The predicted octanol–water partition coefficient (Wildman–Crippen LogP) is 4.27. The molecule has 0 aliphatic rings. The number of carbonyl (C=O) groups is 1. The number of esters is 1. The van der Waals surface area contributed by atoms with Crippen molar-refractivity contribution in [2.24, 2.45) is 5.92 Å². The normalized spacial score (nSPS) is 12.6. The number of unbranched alkanes of at least 4 members (excludes halogenated alkanes) is 1. The molecule has 0 N–H and O–H groups in total. The van der Waals surface area contributed by atoms with Gasteiger partial charge < -0.3 is 4.74 Å². The van der Waals surface area contributed by atoms with E-state index in [4.69, 9.17) is 4.74 Å². The topological polar surface area (TPSA) is 26.3 Å². The van der Waals surface area contributed by atoms with E-state index in [0.717, 1.165) is 38.5 Å². The highest BCUT2D eigenvalue weighted by Crippen LogP contribution is 2.15. The molecule has 0 rings (SSSR count). The Kier molecular flexibility index (Phi) is 10.7. The zero-order valence-corrected chi connectivity index (χ0v) is 11.3. The van der Waals surface area contributed by atoms with Crippen LogP contribution in [0.1, 0.15) is 52.4 Å². The van der Waals surface area contributed by atoms with Crippen LogP contribution in [0.5, 0.6) is 0 Å². The Bertz CT molecular complexity index is 231. The van der Waals surface area contributed by atoms with E-state index in [1.807, 2.05) is 0 Å². The minimum atomic E-state index is -0.0664. The van der Waals surface area contributed by atoms with Crippen LogP contribution >= 0.6 is 0 Å². The summed E-state index contributed by atoms with van der Waals surface area (Å²) in [4.78, 5) is 11.8. The highest BCUT2D eigenvalue weighted by Gasteiger charge is 2.17. The van der Waals surface area contributed by atoms with Crippen molar-refractivity contribution in [3.05, 3.63) is 24.8 Å². The van der Waals surface area contributed by atoms with Crippen LogP contribution in [0.15, 0.2) is 24.8 Å². The third-order valence-corrected chi connectivity index (χ3v) is 2.62. The van der Waals surface area contributed by atoms with Crippen molar-refractivity contribution >= 4 is 5.97 Å². The van der Waals surface area contributed by atoms with Gasteiger partial charge in [-0.3, -0.25) is 4.79 Å². The molecule has 0 saturated heterocycles. The molecular formula is C15H26O2. The van der Waals surface area contributed by atoms with Crippen molar-refractivity contribution in [2.45, 2.75) is 52.4 Å². The third-order valence-electron chi connectivity index (χ3n) is 2.62. The first-order valence-electron chi connectivity index (χ1n) is 6.68. The molecule has 0 spiro atoms. The summed E-state index contributed by atoms with van der Waals surface area (Å²) in [6.07, 6.45) is 11.6. The van der Waals surface area contributed by atoms with E-state index in [0.29, 0.717) is 6.61 Å². The van der Waals surface area contributed by atoms with Crippen molar-refractivity contribution in [2.75, 3.05) is 6.61 Å². The quantitative estimate of drug-likeness (QED) is 0.323. The number of carbonyl (C=O) groups excluding carboxylic acids is 1. The molecule has 0 saturated carbocycles. The van der Waals surface area contributed by atoms with E-state index >= 15 is 0 Å². The fraction of sp³-hybridized carbons (Fsp3) is 0.667. The summed E-state index contributed by atoms with van der Waals surface area (Å²) in [5.74, 6) is -0.0640. The lowest BCUT2D eigenvalue weighted by Gasteiger charge is -2.13. The lowest BCUT2D eigenvalue weighted by molar-refractivity contribution is -0.148. The predicted molar refractivity (Wildman–Crippen MR) is 72.8 cm³/mol. The SMILES string of the molecule is C=CCC(CCCC)C(=O)OCCC=CCC. The molecule has 0 aromatic carbocycles. The number of ether oxygens (including phenoxy) is 1. The molecule has 0 fully saturated rings. The summed E-state index contributed by atoms with van der Waals surface area (Å²) in [5.41, 5.74) is 0. The van der Waals surface area contributed by atoms with Crippen LogP contribution < -0.4 is 0 Å². The summed E-state index contributed by atoms with van der Waals surface area (Å²) in [5, 5.41) is 0. The van der Waals surface area contributed by atoms with Crippen LogP contribution in [0, 0.1) is 5.92 Å². The van der Waals surface area contributed by atoms with Crippen molar-refractivity contribution in [3.63, 3.8) is 0 Å². The summed E-state index contributed by atoms with van der Waals surface area (Å²) in [7, 11) is 0. The average molecular weight is 238 g/mol. The average Bonchev–Trinajstić information content (AvgIpc) is 2.34. The number of hydrogen-bond donors (Lipinski definition) is 0. The van der Waals surface area contributed by atoms with Gasteiger partial charge in [0.15, 0.2) is 0 Å². The maximum Gasteiger partial charge on any atom is 0.309 e. The summed E-state index contributed by atoms with van der Waals surface area (Å²) >= 11 is 0. The Balaban J connectivity index is 3.87. The Labute approximate surface area is 106 Å². The molecule has 17 heavy (non-hydrogen) atoms. The van der Waals surface area contributed by atoms with E-state index < -0.39 is 0 Å². The lowest BCUT2D eigenvalue weighted by atomic mass is 9.99. The van der Waals surface area contributed by atoms with Gasteiger partial charge in [0.25, 0.3) is 0 Å². The minimum Gasteiger partial charge on any atom is -0.465 e. The standard InChI is InChI=1S/C15H26O2/c1-4-7-9-10-13-17-15(16)14(11-6-3)12-8-5-2/h6-7,9,14H,3-5,8,10-13H2,1-2H3. The molecule has 0 aliphatic heterocycles. The van der Waals surface area contributed by atoms with E-state index in [9.17, 15) is 4.79 Å². The number of rotatable bonds is 10. The zero-order chi connectivity index (χ0) is 12.9. The molecule has 2 nitrogen and oxygen atoms in total. The number of hydrogen-bond acceptors (Lipinski definition) is 2. The molecule has 0 bridgehead atoms.